The summed E-state index contributed by atoms with van der Waals surface area (Å²) in [4.78, 5) is 14.8. The second kappa shape index (κ2) is 4.41. The Morgan fingerprint density at radius 3 is 2.29 bits per heavy atom. The summed E-state index contributed by atoms with van der Waals surface area (Å²) in [6, 6.07) is 8.36. The number of benzene rings is 1. The highest BCUT2D eigenvalue weighted by Gasteiger charge is 2.13. The summed E-state index contributed by atoms with van der Waals surface area (Å²) in [5, 5.41) is 2.44. The Morgan fingerprint density at radius 1 is 1.18 bits per heavy atom. The van der Waals surface area contributed by atoms with Crippen LogP contribution in [0.2, 0.25) is 0 Å². The molecule has 2 rings (SSSR count). The van der Waals surface area contributed by atoms with Gasteiger partial charge < -0.3 is 0 Å². The second-order valence-electron chi connectivity index (χ2n) is 5.02. The highest BCUT2D eigenvalue weighted by Crippen LogP contribution is 2.26. The fourth-order valence-corrected chi connectivity index (χ4v) is 2.24. The van der Waals surface area contributed by atoms with Crippen LogP contribution in [0.4, 0.5) is 0 Å². The fraction of sp³-hybridized carbons (Fsp3) is 0.286. The van der Waals surface area contributed by atoms with Gasteiger partial charge >= 0.3 is 0 Å². The van der Waals surface area contributed by atoms with Gasteiger partial charge in [0.1, 0.15) is 0 Å². The van der Waals surface area contributed by atoms with E-state index in [0.29, 0.717) is 5.01 Å². The van der Waals surface area contributed by atoms with E-state index < -0.39 is 0 Å². The zero-order valence-corrected chi connectivity index (χ0v) is 11.0. The Kier molecular flexibility index (Phi) is 3.11. The topological polar surface area (TPSA) is 30.0 Å². The van der Waals surface area contributed by atoms with Gasteiger partial charge in [0.15, 0.2) is 11.3 Å². The molecular weight excluding hydrogens is 230 g/mol. The van der Waals surface area contributed by atoms with Crippen molar-refractivity contribution >= 4 is 17.6 Å². The number of hydrogen-bond donors (Lipinski definition) is 0. The number of rotatable bonds is 2. The largest absolute Gasteiger partial charge is 0.295 e. The number of carbonyl (C=O) groups excluding carboxylic acids is 1. The molecule has 0 spiro atoms. The lowest BCUT2D eigenvalue weighted by atomic mass is 9.86. The average molecular weight is 245 g/mol. The summed E-state index contributed by atoms with van der Waals surface area (Å²) in [6.45, 7) is 6.57. The molecule has 0 bridgehead atoms. The predicted molar refractivity (Wildman–Crippen MR) is 71.6 cm³/mol. The van der Waals surface area contributed by atoms with Gasteiger partial charge in [0.25, 0.3) is 0 Å². The van der Waals surface area contributed by atoms with Crippen LogP contribution in [0.5, 0.6) is 0 Å². The van der Waals surface area contributed by atoms with Crippen LogP contribution in [0.25, 0.3) is 11.3 Å². The molecule has 0 aliphatic heterocycles. The first-order valence-corrected chi connectivity index (χ1v) is 6.40. The zero-order valence-electron chi connectivity index (χ0n) is 10.2. The van der Waals surface area contributed by atoms with Crippen molar-refractivity contribution in [2.45, 2.75) is 26.2 Å². The summed E-state index contributed by atoms with van der Waals surface area (Å²) >= 11 is 1.37. The van der Waals surface area contributed by atoms with Gasteiger partial charge in [-0.1, -0.05) is 45.0 Å². The van der Waals surface area contributed by atoms with Crippen LogP contribution in [-0.2, 0) is 5.41 Å². The minimum absolute atomic E-state index is 0.161. The van der Waals surface area contributed by atoms with E-state index in [-0.39, 0.29) is 5.41 Å². The van der Waals surface area contributed by atoms with E-state index in [9.17, 15) is 4.79 Å². The van der Waals surface area contributed by atoms with Gasteiger partial charge in [-0.25, -0.2) is 4.98 Å². The van der Waals surface area contributed by atoms with Crippen molar-refractivity contribution in [2.24, 2.45) is 0 Å². The average Bonchev–Trinajstić information content (AvgIpc) is 2.76. The van der Waals surface area contributed by atoms with Crippen LogP contribution in [0.15, 0.2) is 29.6 Å². The molecule has 0 saturated heterocycles. The maximum Gasteiger partial charge on any atom is 0.178 e. The molecule has 0 fully saturated rings. The quantitative estimate of drug-likeness (QED) is 0.751. The van der Waals surface area contributed by atoms with Gasteiger partial charge in [-0.2, -0.15) is 0 Å². The van der Waals surface area contributed by atoms with Gasteiger partial charge in [0, 0.05) is 10.9 Å². The maximum atomic E-state index is 10.6. The van der Waals surface area contributed by atoms with Crippen molar-refractivity contribution in [3.63, 3.8) is 0 Å². The minimum Gasteiger partial charge on any atom is -0.295 e. The normalized spacial score (nSPS) is 11.5. The Labute approximate surface area is 105 Å². The third-order valence-corrected chi connectivity index (χ3v) is 3.44. The molecule has 0 aliphatic carbocycles. The molecule has 0 aliphatic rings. The molecule has 3 heteroatoms. The maximum absolute atomic E-state index is 10.6. The Morgan fingerprint density at radius 2 is 1.82 bits per heavy atom. The Bertz CT molecular complexity index is 520. The van der Waals surface area contributed by atoms with Crippen molar-refractivity contribution in [2.75, 3.05) is 0 Å². The number of aromatic nitrogens is 1. The van der Waals surface area contributed by atoms with Gasteiger partial charge in [-0.3, -0.25) is 4.79 Å². The van der Waals surface area contributed by atoms with E-state index in [1.807, 2.05) is 5.38 Å². The highest BCUT2D eigenvalue weighted by molar-refractivity contribution is 7.11. The van der Waals surface area contributed by atoms with Crippen molar-refractivity contribution in [1.82, 2.24) is 4.98 Å². The van der Waals surface area contributed by atoms with Gasteiger partial charge in [-0.15, -0.1) is 11.3 Å². The third-order valence-electron chi connectivity index (χ3n) is 2.67. The smallest absolute Gasteiger partial charge is 0.178 e. The summed E-state index contributed by atoms with van der Waals surface area (Å²) < 4.78 is 0. The molecule has 2 aromatic rings. The van der Waals surface area contributed by atoms with Crippen LogP contribution >= 0.6 is 11.3 Å². The van der Waals surface area contributed by atoms with E-state index in [1.165, 1.54) is 16.9 Å². The molecule has 0 radical (unpaired) electrons. The Balaban J connectivity index is 2.32. The molecule has 17 heavy (non-hydrogen) atoms. The van der Waals surface area contributed by atoms with Crippen LogP contribution < -0.4 is 0 Å². The number of nitrogens with zero attached hydrogens (tertiary/aromatic N) is 1. The van der Waals surface area contributed by atoms with Crippen molar-refractivity contribution < 1.29 is 4.79 Å². The first-order chi connectivity index (χ1) is 8.00. The van der Waals surface area contributed by atoms with Gasteiger partial charge in [0.2, 0.25) is 0 Å². The van der Waals surface area contributed by atoms with Crippen LogP contribution in [-0.4, -0.2) is 11.3 Å². The molecule has 2 nitrogen and oxygen atoms in total. The summed E-state index contributed by atoms with van der Waals surface area (Å²) in [6.07, 6.45) is 0.789. The minimum atomic E-state index is 0.161. The Hall–Kier alpha value is -1.48. The zero-order chi connectivity index (χ0) is 12.5. The van der Waals surface area contributed by atoms with Crippen molar-refractivity contribution in [3.8, 4) is 11.3 Å². The first kappa shape index (κ1) is 12.0. The van der Waals surface area contributed by atoms with E-state index in [4.69, 9.17) is 0 Å². The lowest BCUT2D eigenvalue weighted by Gasteiger charge is -2.18. The fourth-order valence-electron chi connectivity index (χ4n) is 1.62. The molecule has 88 valence electrons. The molecule has 0 saturated carbocycles. The molecule has 1 heterocycles. The third kappa shape index (κ3) is 2.61. The monoisotopic (exact) mass is 245 g/mol. The number of aldehydes is 1. The van der Waals surface area contributed by atoms with Crippen molar-refractivity contribution in [3.05, 3.63) is 40.2 Å². The van der Waals surface area contributed by atoms with Gasteiger partial charge in [-0.05, 0) is 11.0 Å². The SMILES string of the molecule is CC(C)(C)c1ccc(-c2csc(C=O)n2)cc1. The highest BCUT2D eigenvalue weighted by atomic mass is 32.1. The molecule has 1 aromatic heterocycles. The predicted octanol–water partition coefficient (Wildman–Crippen LogP) is 3.92. The first-order valence-electron chi connectivity index (χ1n) is 5.52. The van der Waals surface area contributed by atoms with Crippen LogP contribution in [0.3, 0.4) is 0 Å². The molecule has 0 unspecified atom stereocenters. The van der Waals surface area contributed by atoms with Crippen molar-refractivity contribution in [1.29, 1.82) is 0 Å². The van der Waals surface area contributed by atoms with E-state index >= 15 is 0 Å². The van der Waals surface area contributed by atoms with E-state index in [1.54, 1.807) is 0 Å². The molecule has 1 aromatic carbocycles. The molecular formula is C14H15NOS. The molecule has 0 N–H and O–H groups in total. The van der Waals surface area contributed by atoms with Crippen LogP contribution in [0, 0.1) is 0 Å². The number of hydrogen-bond acceptors (Lipinski definition) is 3. The van der Waals surface area contributed by atoms with Crippen LogP contribution in [0.1, 0.15) is 36.1 Å². The standard InChI is InChI=1S/C14H15NOS/c1-14(2,3)11-6-4-10(5-7-11)12-9-17-13(8-16)15-12/h4-9H,1-3H3. The number of thiazole rings is 1. The lowest BCUT2D eigenvalue weighted by Crippen LogP contribution is -2.10. The summed E-state index contributed by atoms with van der Waals surface area (Å²) in [5.74, 6) is 0. The summed E-state index contributed by atoms with van der Waals surface area (Å²) in [5.41, 5.74) is 3.39. The van der Waals surface area contributed by atoms with E-state index in [2.05, 4.69) is 50.0 Å². The second-order valence-corrected chi connectivity index (χ2v) is 5.91. The molecule has 0 atom stereocenters. The lowest BCUT2D eigenvalue weighted by molar-refractivity contribution is 0.112. The summed E-state index contributed by atoms with van der Waals surface area (Å²) in [7, 11) is 0. The number of carbonyl (C=O) groups is 1. The molecule has 0 amide bonds. The van der Waals surface area contributed by atoms with Gasteiger partial charge in [0.05, 0.1) is 5.69 Å². The van der Waals surface area contributed by atoms with E-state index in [0.717, 1.165) is 17.5 Å².